The van der Waals surface area contributed by atoms with Crippen molar-refractivity contribution in [1.29, 1.82) is 0 Å². The summed E-state index contributed by atoms with van der Waals surface area (Å²) in [6.07, 6.45) is -1.55. The van der Waals surface area contributed by atoms with Crippen LogP contribution in [0.25, 0.3) is 0 Å². The molecule has 2 aromatic carbocycles. The number of epoxide rings is 1. The lowest BCUT2D eigenvalue weighted by molar-refractivity contribution is -0.122. The highest BCUT2D eigenvalue weighted by atomic mass is 16.6. The molecule has 154 valence electrons. The molecule has 1 heterocycles. The zero-order valence-electron chi connectivity index (χ0n) is 16.4. The number of hydrogen-bond donors (Lipinski definition) is 2. The Hall–Kier alpha value is -3.23. The number of phenols is 2. The first-order chi connectivity index (χ1) is 14.3. The minimum absolute atomic E-state index is 0.0256. The number of methoxy groups -OCH3 is 2. The van der Waals surface area contributed by atoms with E-state index in [0.29, 0.717) is 0 Å². The fraction of sp³-hybridized carbons (Fsp3) is 0.318. The van der Waals surface area contributed by atoms with Crippen molar-refractivity contribution in [2.75, 3.05) is 14.2 Å². The number of ketones is 3. The first-order valence-electron chi connectivity index (χ1n) is 9.37. The Labute approximate surface area is 171 Å². The lowest BCUT2D eigenvalue weighted by Crippen LogP contribution is -2.36. The SMILES string of the molecule is COc1cccc2c1C(=O)c1c(O)c3c(c(O)c1C2=O)C[C@@]1(C(C)=O)O[C@H]1[C@@H]3OC. The van der Waals surface area contributed by atoms with Crippen LogP contribution >= 0.6 is 0 Å². The molecule has 0 unspecified atom stereocenters. The molecule has 0 saturated carbocycles. The van der Waals surface area contributed by atoms with Gasteiger partial charge in [0.1, 0.15) is 29.5 Å². The molecule has 2 aromatic rings. The van der Waals surface area contributed by atoms with Gasteiger partial charge in [0.2, 0.25) is 5.78 Å². The molecular formula is C22H18O8. The van der Waals surface area contributed by atoms with Gasteiger partial charge in [-0.05, 0) is 13.0 Å². The van der Waals surface area contributed by atoms with Gasteiger partial charge in [-0.25, -0.2) is 0 Å². The van der Waals surface area contributed by atoms with Gasteiger partial charge in [0.05, 0.1) is 23.8 Å². The quantitative estimate of drug-likeness (QED) is 0.495. The maximum atomic E-state index is 13.3. The fourth-order valence-electron chi connectivity index (χ4n) is 4.81. The van der Waals surface area contributed by atoms with E-state index in [0.717, 1.165) is 0 Å². The third-order valence-electron chi connectivity index (χ3n) is 6.35. The Morgan fingerprint density at radius 2 is 1.80 bits per heavy atom. The van der Waals surface area contributed by atoms with Crippen molar-refractivity contribution >= 4 is 17.3 Å². The topological polar surface area (TPSA) is 123 Å². The predicted molar refractivity (Wildman–Crippen MR) is 101 cm³/mol. The van der Waals surface area contributed by atoms with E-state index in [9.17, 15) is 24.6 Å². The molecule has 30 heavy (non-hydrogen) atoms. The maximum absolute atomic E-state index is 13.3. The van der Waals surface area contributed by atoms with Crippen molar-refractivity contribution < 1.29 is 38.8 Å². The van der Waals surface area contributed by atoms with Crippen molar-refractivity contribution in [3.8, 4) is 17.2 Å². The molecule has 1 fully saturated rings. The molecular weight excluding hydrogens is 392 g/mol. The van der Waals surface area contributed by atoms with E-state index >= 15 is 0 Å². The number of hydrogen-bond acceptors (Lipinski definition) is 8. The molecule has 8 nitrogen and oxygen atoms in total. The molecule has 0 aromatic heterocycles. The van der Waals surface area contributed by atoms with Gasteiger partial charge in [0, 0.05) is 30.2 Å². The monoisotopic (exact) mass is 410 g/mol. The molecule has 1 aliphatic heterocycles. The van der Waals surface area contributed by atoms with Gasteiger partial charge >= 0.3 is 0 Å². The van der Waals surface area contributed by atoms with Crippen LogP contribution in [-0.4, -0.2) is 53.5 Å². The lowest BCUT2D eigenvalue weighted by atomic mass is 9.74. The number of ether oxygens (including phenoxy) is 3. The van der Waals surface area contributed by atoms with E-state index in [1.807, 2.05) is 0 Å². The summed E-state index contributed by atoms with van der Waals surface area (Å²) in [4.78, 5) is 38.8. The highest BCUT2D eigenvalue weighted by Crippen LogP contribution is 2.59. The summed E-state index contributed by atoms with van der Waals surface area (Å²) < 4.78 is 16.4. The summed E-state index contributed by atoms with van der Waals surface area (Å²) in [6.45, 7) is 1.38. The zero-order chi connectivity index (χ0) is 21.5. The second-order valence-electron chi connectivity index (χ2n) is 7.70. The van der Waals surface area contributed by atoms with Crippen LogP contribution in [0.5, 0.6) is 17.2 Å². The third-order valence-corrected chi connectivity index (χ3v) is 6.35. The molecule has 2 N–H and O–H groups in total. The number of carbonyl (C=O) groups excluding carboxylic acids is 3. The molecule has 0 bridgehead atoms. The van der Waals surface area contributed by atoms with Crippen molar-refractivity contribution in [1.82, 2.24) is 0 Å². The van der Waals surface area contributed by atoms with Crippen LogP contribution in [0.3, 0.4) is 0 Å². The molecule has 1 saturated heterocycles. The third kappa shape index (κ3) is 2.04. The van der Waals surface area contributed by atoms with E-state index in [1.165, 1.54) is 27.2 Å². The Morgan fingerprint density at radius 3 is 2.43 bits per heavy atom. The van der Waals surface area contributed by atoms with Crippen molar-refractivity contribution in [2.24, 2.45) is 0 Å². The average molecular weight is 410 g/mol. The molecule has 0 amide bonds. The second kappa shape index (κ2) is 5.90. The van der Waals surface area contributed by atoms with E-state index in [4.69, 9.17) is 14.2 Å². The summed E-state index contributed by atoms with van der Waals surface area (Å²) >= 11 is 0. The molecule has 8 heteroatoms. The fourth-order valence-corrected chi connectivity index (χ4v) is 4.81. The number of benzene rings is 2. The largest absolute Gasteiger partial charge is 0.507 e. The van der Waals surface area contributed by atoms with Crippen molar-refractivity contribution in [3.05, 3.63) is 51.6 Å². The summed E-state index contributed by atoms with van der Waals surface area (Å²) in [5, 5.41) is 22.2. The summed E-state index contributed by atoms with van der Waals surface area (Å²) in [7, 11) is 2.76. The van der Waals surface area contributed by atoms with Gasteiger partial charge in [-0.3, -0.25) is 14.4 Å². The lowest BCUT2D eigenvalue weighted by Gasteiger charge is -2.30. The Morgan fingerprint density at radius 1 is 1.10 bits per heavy atom. The summed E-state index contributed by atoms with van der Waals surface area (Å²) in [6, 6.07) is 4.57. The first-order valence-corrected chi connectivity index (χ1v) is 9.37. The molecule has 2 aliphatic carbocycles. The predicted octanol–water partition coefficient (Wildman–Crippen LogP) is 1.85. The second-order valence-corrected chi connectivity index (χ2v) is 7.70. The molecule has 3 aliphatic rings. The highest BCUT2D eigenvalue weighted by molar-refractivity contribution is 6.31. The Balaban J connectivity index is 1.81. The molecule has 5 rings (SSSR count). The number of phenolic OH excluding ortho intramolecular Hbond substituents is 2. The number of Topliss-reactive ketones (excluding diaryl/α,β-unsaturated/α-hetero) is 1. The van der Waals surface area contributed by atoms with Gasteiger partial charge in [-0.2, -0.15) is 0 Å². The van der Waals surface area contributed by atoms with Gasteiger partial charge in [-0.15, -0.1) is 0 Å². The van der Waals surface area contributed by atoms with Gasteiger partial charge in [-0.1, -0.05) is 12.1 Å². The molecule has 0 radical (unpaired) electrons. The van der Waals surface area contributed by atoms with Crippen LogP contribution in [0.4, 0.5) is 0 Å². The van der Waals surface area contributed by atoms with Crippen LogP contribution < -0.4 is 4.74 Å². The van der Waals surface area contributed by atoms with Crippen molar-refractivity contribution in [3.63, 3.8) is 0 Å². The Kier molecular flexibility index (Phi) is 3.69. The van der Waals surface area contributed by atoms with E-state index < -0.39 is 40.9 Å². The molecule has 3 atom stereocenters. The van der Waals surface area contributed by atoms with Gasteiger partial charge in [0.15, 0.2) is 17.2 Å². The number of aromatic hydroxyl groups is 2. The van der Waals surface area contributed by atoms with Crippen LogP contribution in [0, 0.1) is 0 Å². The van der Waals surface area contributed by atoms with E-state index in [1.54, 1.807) is 12.1 Å². The smallest absolute Gasteiger partial charge is 0.202 e. The maximum Gasteiger partial charge on any atom is 0.202 e. The number of carbonyl (C=O) groups is 3. The van der Waals surface area contributed by atoms with Crippen LogP contribution in [0.15, 0.2) is 18.2 Å². The highest BCUT2D eigenvalue weighted by Gasteiger charge is 2.68. The van der Waals surface area contributed by atoms with Crippen LogP contribution in [0.2, 0.25) is 0 Å². The zero-order valence-corrected chi connectivity index (χ0v) is 16.4. The Bertz CT molecular complexity index is 1180. The van der Waals surface area contributed by atoms with E-state index in [2.05, 4.69) is 0 Å². The van der Waals surface area contributed by atoms with Gasteiger partial charge < -0.3 is 24.4 Å². The van der Waals surface area contributed by atoms with Crippen LogP contribution in [0.1, 0.15) is 56.0 Å². The van der Waals surface area contributed by atoms with Gasteiger partial charge in [0.25, 0.3) is 0 Å². The number of fused-ring (bicyclic) bond motifs is 4. The van der Waals surface area contributed by atoms with Crippen LogP contribution in [-0.2, 0) is 20.7 Å². The molecule has 0 spiro atoms. The summed E-state index contributed by atoms with van der Waals surface area (Å²) in [5.74, 6) is -2.19. The standard InChI is InChI=1S/C22H18O8/c1-8(23)22-7-10-13(20(29-3)21(22)30-22)19(27)15-14(17(10)25)16(24)9-5-4-6-11(28-2)12(9)18(15)26/h4-6,20-21,25,27H,7H2,1-3H3/t20-,21+,22+/m1/s1. The van der Waals surface area contributed by atoms with E-state index in [-0.39, 0.29) is 51.3 Å². The normalized spacial score (nSPS) is 25.7. The first kappa shape index (κ1) is 18.8. The average Bonchev–Trinajstić information content (AvgIpc) is 3.48. The summed E-state index contributed by atoms with van der Waals surface area (Å²) in [5.41, 5.74) is -1.33. The number of rotatable bonds is 3. The minimum atomic E-state index is -1.17. The minimum Gasteiger partial charge on any atom is -0.507 e. The van der Waals surface area contributed by atoms with Crippen molar-refractivity contribution in [2.45, 2.75) is 31.2 Å².